The van der Waals surface area contributed by atoms with Crippen molar-refractivity contribution < 1.29 is 9.84 Å². The highest BCUT2D eigenvalue weighted by atomic mass is 16.5. The smallest absolute Gasteiger partial charge is 0.142 e. The van der Waals surface area contributed by atoms with Crippen molar-refractivity contribution >= 4 is 5.69 Å². The number of hydrogen-bond donors (Lipinski definition) is 1. The summed E-state index contributed by atoms with van der Waals surface area (Å²) in [6.45, 7) is 2.74. The van der Waals surface area contributed by atoms with Gasteiger partial charge in [0.05, 0.1) is 18.3 Å². The number of ether oxygens (including phenoxy) is 1. The lowest BCUT2D eigenvalue weighted by atomic mass is 10.1. The van der Waals surface area contributed by atoms with Gasteiger partial charge >= 0.3 is 0 Å². The number of aliphatic hydroxyl groups excluding tert-OH is 1. The predicted molar refractivity (Wildman–Crippen MR) is 56.0 cm³/mol. The van der Waals surface area contributed by atoms with E-state index in [0.717, 1.165) is 11.4 Å². The van der Waals surface area contributed by atoms with Gasteiger partial charge in [0.2, 0.25) is 0 Å². The molecule has 1 unspecified atom stereocenters. The van der Waals surface area contributed by atoms with E-state index >= 15 is 0 Å². The number of benzene rings is 1. The maximum atomic E-state index is 9.16. The molecule has 0 fully saturated rings. The van der Waals surface area contributed by atoms with Crippen LogP contribution in [0, 0.1) is 6.92 Å². The van der Waals surface area contributed by atoms with Crippen LogP contribution in [0.4, 0.5) is 5.69 Å². The van der Waals surface area contributed by atoms with Crippen molar-refractivity contribution in [3.05, 3.63) is 23.8 Å². The van der Waals surface area contributed by atoms with E-state index in [-0.39, 0.29) is 12.6 Å². The predicted octanol–water partition coefficient (Wildman–Crippen LogP) is 1.18. The third-order valence-electron chi connectivity index (χ3n) is 2.74. The Labute approximate surface area is 83.9 Å². The molecule has 1 aliphatic heterocycles. The summed E-state index contributed by atoms with van der Waals surface area (Å²) in [6.07, 6.45) is 0. The molecule has 14 heavy (non-hydrogen) atoms. The van der Waals surface area contributed by atoms with Crippen LogP contribution >= 0.6 is 0 Å². The second-order valence-corrected chi connectivity index (χ2v) is 3.68. The normalized spacial score (nSPS) is 20.2. The highest BCUT2D eigenvalue weighted by Crippen LogP contribution is 2.35. The van der Waals surface area contributed by atoms with Crippen LogP contribution in [0.2, 0.25) is 0 Å². The van der Waals surface area contributed by atoms with Crippen LogP contribution in [0.15, 0.2) is 18.2 Å². The van der Waals surface area contributed by atoms with Crippen LogP contribution < -0.4 is 9.64 Å². The number of aryl methyl sites for hydroxylation is 1. The second kappa shape index (κ2) is 3.50. The Morgan fingerprint density at radius 3 is 3.07 bits per heavy atom. The fourth-order valence-electron chi connectivity index (χ4n) is 1.86. The molecule has 3 nitrogen and oxygen atoms in total. The third-order valence-corrected chi connectivity index (χ3v) is 2.74. The van der Waals surface area contributed by atoms with Crippen molar-refractivity contribution in [1.29, 1.82) is 0 Å². The third kappa shape index (κ3) is 1.34. The van der Waals surface area contributed by atoms with Crippen molar-refractivity contribution in [2.75, 3.05) is 25.2 Å². The number of hydrogen-bond acceptors (Lipinski definition) is 3. The quantitative estimate of drug-likeness (QED) is 0.727. The molecule has 1 N–H and O–H groups in total. The van der Waals surface area contributed by atoms with Crippen molar-refractivity contribution in [3.8, 4) is 5.75 Å². The molecule has 0 aromatic heterocycles. The van der Waals surface area contributed by atoms with Crippen molar-refractivity contribution in [2.45, 2.75) is 13.0 Å². The van der Waals surface area contributed by atoms with Gasteiger partial charge in [0.25, 0.3) is 0 Å². The Balaban J connectivity index is 2.43. The molecule has 3 heteroatoms. The summed E-state index contributed by atoms with van der Waals surface area (Å²) in [5.41, 5.74) is 2.28. The van der Waals surface area contributed by atoms with Crippen LogP contribution in [0.5, 0.6) is 5.75 Å². The van der Waals surface area contributed by atoms with Crippen LogP contribution in [-0.2, 0) is 0 Å². The minimum absolute atomic E-state index is 0.0728. The number of aliphatic hydroxyl groups is 1. The molecular formula is C11H15NO2. The maximum Gasteiger partial charge on any atom is 0.142 e. The number of rotatable bonds is 1. The van der Waals surface area contributed by atoms with Gasteiger partial charge in [-0.05, 0) is 18.6 Å². The molecule has 0 saturated heterocycles. The SMILES string of the molecule is Cc1cccc2c1N(C)C(CO)CO2. The number of anilines is 1. The van der Waals surface area contributed by atoms with Gasteiger partial charge in [0, 0.05) is 7.05 Å². The molecule has 1 heterocycles. The number of para-hydroxylation sites is 1. The number of fused-ring (bicyclic) bond motifs is 1. The zero-order valence-corrected chi connectivity index (χ0v) is 8.53. The molecule has 1 aromatic carbocycles. The lowest BCUT2D eigenvalue weighted by Gasteiger charge is -2.35. The maximum absolute atomic E-state index is 9.16. The Morgan fingerprint density at radius 2 is 2.36 bits per heavy atom. The minimum Gasteiger partial charge on any atom is -0.489 e. The molecule has 1 atom stereocenters. The summed E-state index contributed by atoms with van der Waals surface area (Å²) < 4.78 is 5.58. The first kappa shape index (κ1) is 9.34. The topological polar surface area (TPSA) is 32.7 Å². The van der Waals surface area contributed by atoms with Gasteiger partial charge < -0.3 is 14.7 Å². The van der Waals surface area contributed by atoms with Gasteiger partial charge in [-0.25, -0.2) is 0 Å². The van der Waals surface area contributed by atoms with Crippen LogP contribution in [0.3, 0.4) is 0 Å². The van der Waals surface area contributed by atoms with Gasteiger partial charge in [-0.1, -0.05) is 12.1 Å². The highest BCUT2D eigenvalue weighted by molar-refractivity contribution is 5.64. The van der Waals surface area contributed by atoms with Crippen LogP contribution in [0.25, 0.3) is 0 Å². The molecular weight excluding hydrogens is 178 g/mol. The number of likely N-dealkylation sites (N-methyl/N-ethyl adjacent to an activating group) is 1. The van der Waals surface area contributed by atoms with E-state index in [2.05, 4.69) is 17.9 Å². The monoisotopic (exact) mass is 193 g/mol. The molecule has 0 bridgehead atoms. The molecule has 0 radical (unpaired) electrons. The van der Waals surface area contributed by atoms with Gasteiger partial charge in [-0.2, -0.15) is 0 Å². The van der Waals surface area contributed by atoms with E-state index in [0.29, 0.717) is 6.61 Å². The summed E-state index contributed by atoms with van der Waals surface area (Å²) in [4.78, 5) is 2.09. The zero-order chi connectivity index (χ0) is 10.1. The summed E-state index contributed by atoms with van der Waals surface area (Å²) in [7, 11) is 2.00. The first-order chi connectivity index (χ1) is 6.74. The minimum atomic E-state index is 0.0728. The standard InChI is InChI=1S/C11H15NO2/c1-8-4-3-5-10-11(8)12(2)9(6-13)7-14-10/h3-5,9,13H,6-7H2,1-2H3. The van der Waals surface area contributed by atoms with E-state index in [1.807, 2.05) is 19.2 Å². The highest BCUT2D eigenvalue weighted by Gasteiger charge is 2.24. The zero-order valence-electron chi connectivity index (χ0n) is 8.53. The van der Waals surface area contributed by atoms with Gasteiger partial charge in [-0.15, -0.1) is 0 Å². The molecule has 76 valence electrons. The number of nitrogens with zero attached hydrogens (tertiary/aromatic N) is 1. The Bertz CT molecular complexity index is 338. The lowest BCUT2D eigenvalue weighted by Crippen LogP contribution is -2.43. The summed E-state index contributed by atoms with van der Waals surface area (Å²) >= 11 is 0. The van der Waals surface area contributed by atoms with Gasteiger partial charge in [-0.3, -0.25) is 0 Å². The molecule has 1 aliphatic rings. The first-order valence-corrected chi connectivity index (χ1v) is 4.80. The van der Waals surface area contributed by atoms with Crippen LogP contribution in [0.1, 0.15) is 5.56 Å². The van der Waals surface area contributed by atoms with E-state index in [1.54, 1.807) is 0 Å². The van der Waals surface area contributed by atoms with E-state index in [1.165, 1.54) is 5.56 Å². The summed E-state index contributed by atoms with van der Waals surface area (Å²) in [5.74, 6) is 0.914. The lowest BCUT2D eigenvalue weighted by molar-refractivity contribution is 0.191. The summed E-state index contributed by atoms with van der Waals surface area (Å²) in [5, 5.41) is 9.16. The molecule has 0 aliphatic carbocycles. The Kier molecular flexibility index (Phi) is 2.33. The average Bonchev–Trinajstić information content (AvgIpc) is 2.18. The van der Waals surface area contributed by atoms with E-state index in [9.17, 15) is 0 Å². The Morgan fingerprint density at radius 1 is 1.57 bits per heavy atom. The molecule has 0 amide bonds. The fraction of sp³-hybridized carbons (Fsp3) is 0.455. The van der Waals surface area contributed by atoms with Gasteiger partial charge in [0.15, 0.2) is 0 Å². The molecule has 2 rings (SSSR count). The largest absolute Gasteiger partial charge is 0.489 e. The molecule has 1 aromatic rings. The second-order valence-electron chi connectivity index (χ2n) is 3.68. The van der Waals surface area contributed by atoms with E-state index < -0.39 is 0 Å². The molecule has 0 spiro atoms. The van der Waals surface area contributed by atoms with E-state index in [4.69, 9.17) is 9.84 Å². The fourth-order valence-corrected chi connectivity index (χ4v) is 1.86. The molecule has 0 saturated carbocycles. The van der Waals surface area contributed by atoms with Crippen molar-refractivity contribution in [1.82, 2.24) is 0 Å². The Hall–Kier alpha value is -1.22. The first-order valence-electron chi connectivity index (χ1n) is 4.80. The van der Waals surface area contributed by atoms with Crippen molar-refractivity contribution in [2.24, 2.45) is 0 Å². The van der Waals surface area contributed by atoms with Gasteiger partial charge in [0.1, 0.15) is 12.4 Å². The van der Waals surface area contributed by atoms with Crippen molar-refractivity contribution in [3.63, 3.8) is 0 Å². The average molecular weight is 193 g/mol. The van der Waals surface area contributed by atoms with Crippen LogP contribution in [-0.4, -0.2) is 31.4 Å². The summed E-state index contributed by atoms with van der Waals surface area (Å²) in [6, 6.07) is 6.08.